The largest absolute Gasteiger partial charge is 0.326 e. The van der Waals surface area contributed by atoms with E-state index >= 15 is 0 Å². The molecule has 1 aromatic carbocycles. The van der Waals surface area contributed by atoms with Crippen molar-refractivity contribution < 1.29 is 4.39 Å². The lowest BCUT2D eigenvalue weighted by Gasteiger charge is -2.27. The van der Waals surface area contributed by atoms with Gasteiger partial charge in [-0.25, -0.2) is 4.39 Å². The van der Waals surface area contributed by atoms with Crippen LogP contribution in [0.2, 0.25) is 0 Å². The van der Waals surface area contributed by atoms with Crippen molar-refractivity contribution in [3.8, 4) is 0 Å². The van der Waals surface area contributed by atoms with Crippen molar-refractivity contribution in [1.29, 1.82) is 0 Å². The summed E-state index contributed by atoms with van der Waals surface area (Å²) in [6.07, 6.45) is 2.57. The highest BCUT2D eigenvalue weighted by molar-refractivity contribution is 5.24. The summed E-state index contributed by atoms with van der Waals surface area (Å²) >= 11 is 0. The standard InChI is InChI=1S/C16H26FN3/c1-3-20-6-4-5-16(20)12-19(2)11-14-7-13(10-18)8-15(17)9-14/h7-9,16H,3-6,10-12,18H2,1-2H3. The van der Waals surface area contributed by atoms with Crippen LogP contribution in [-0.2, 0) is 13.1 Å². The summed E-state index contributed by atoms with van der Waals surface area (Å²) in [5.41, 5.74) is 7.47. The lowest BCUT2D eigenvalue weighted by Crippen LogP contribution is -2.38. The molecular formula is C16H26FN3. The molecule has 20 heavy (non-hydrogen) atoms. The Morgan fingerprint density at radius 3 is 2.80 bits per heavy atom. The van der Waals surface area contributed by atoms with Gasteiger partial charge in [-0.05, 0) is 56.2 Å². The first kappa shape index (κ1) is 15.4. The van der Waals surface area contributed by atoms with Gasteiger partial charge in [0.1, 0.15) is 5.82 Å². The molecular weight excluding hydrogens is 253 g/mol. The molecule has 1 unspecified atom stereocenters. The molecule has 0 amide bonds. The van der Waals surface area contributed by atoms with E-state index in [4.69, 9.17) is 5.73 Å². The number of hydrogen-bond acceptors (Lipinski definition) is 3. The molecule has 1 saturated heterocycles. The first-order valence-corrected chi connectivity index (χ1v) is 7.53. The van der Waals surface area contributed by atoms with Crippen LogP contribution < -0.4 is 5.73 Å². The zero-order valence-electron chi connectivity index (χ0n) is 12.6. The minimum Gasteiger partial charge on any atom is -0.326 e. The molecule has 3 nitrogen and oxygen atoms in total. The van der Waals surface area contributed by atoms with Crippen LogP contribution in [0.25, 0.3) is 0 Å². The molecule has 1 aliphatic heterocycles. The SMILES string of the molecule is CCN1CCCC1CN(C)Cc1cc(F)cc(CN)c1. The van der Waals surface area contributed by atoms with Gasteiger partial charge in [-0.1, -0.05) is 13.0 Å². The molecule has 1 aromatic rings. The fourth-order valence-electron chi connectivity index (χ4n) is 3.18. The van der Waals surface area contributed by atoms with E-state index in [9.17, 15) is 4.39 Å². The third kappa shape index (κ3) is 4.01. The van der Waals surface area contributed by atoms with Gasteiger partial charge in [0.05, 0.1) is 0 Å². The topological polar surface area (TPSA) is 32.5 Å². The minimum absolute atomic E-state index is 0.188. The number of hydrogen-bond donors (Lipinski definition) is 1. The average Bonchev–Trinajstić information content (AvgIpc) is 2.84. The van der Waals surface area contributed by atoms with Gasteiger partial charge in [0.25, 0.3) is 0 Å². The summed E-state index contributed by atoms with van der Waals surface area (Å²) in [5.74, 6) is -0.188. The molecule has 0 spiro atoms. The number of halogens is 1. The Bertz CT molecular complexity index is 436. The summed E-state index contributed by atoms with van der Waals surface area (Å²) in [5, 5.41) is 0. The van der Waals surface area contributed by atoms with Crippen molar-refractivity contribution in [1.82, 2.24) is 9.80 Å². The molecule has 2 rings (SSSR count). The van der Waals surface area contributed by atoms with Crippen molar-refractivity contribution in [2.75, 3.05) is 26.7 Å². The summed E-state index contributed by atoms with van der Waals surface area (Å²) in [6, 6.07) is 5.78. The fourth-order valence-corrected chi connectivity index (χ4v) is 3.18. The number of rotatable bonds is 6. The van der Waals surface area contributed by atoms with Crippen LogP contribution in [0.1, 0.15) is 30.9 Å². The normalized spacial score (nSPS) is 19.9. The van der Waals surface area contributed by atoms with E-state index in [0.29, 0.717) is 12.6 Å². The fraction of sp³-hybridized carbons (Fsp3) is 0.625. The second-order valence-electron chi connectivity index (χ2n) is 5.79. The van der Waals surface area contributed by atoms with Crippen LogP contribution in [-0.4, -0.2) is 42.5 Å². The van der Waals surface area contributed by atoms with Crippen LogP contribution in [0.15, 0.2) is 18.2 Å². The Morgan fingerprint density at radius 2 is 2.10 bits per heavy atom. The highest BCUT2D eigenvalue weighted by Crippen LogP contribution is 2.18. The molecule has 2 N–H and O–H groups in total. The van der Waals surface area contributed by atoms with Gasteiger partial charge < -0.3 is 10.6 Å². The lowest BCUT2D eigenvalue weighted by atomic mass is 10.1. The maximum absolute atomic E-state index is 13.5. The molecule has 1 fully saturated rings. The van der Waals surface area contributed by atoms with Gasteiger partial charge in [0.2, 0.25) is 0 Å². The lowest BCUT2D eigenvalue weighted by molar-refractivity contribution is 0.194. The monoisotopic (exact) mass is 279 g/mol. The Hall–Kier alpha value is -0.970. The van der Waals surface area contributed by atoms with E-state index in [0.717, 1.165) is 30.8 Å². The van der Waals surface area contributed by atoms with Crippen LogP contribution in [0.4, 0.5) is 4.39 Å². The minimum atomic E-state index is -0.188. The summed E-state index contributed by atoms with van der Waals surface area (Å²) in [4.78, 5) is 4.82. The molecule has 0 saturated carbocycles. The van der Waals surface area contributed by atoms with Crippen LogP contribution in [0.5, 0.6) is 0 Å². The maximum atomic E-state index is 13.5. The van der Waals surface area contributed by atoms with E-state index in [-0.39, 0.29) is 5.82 Å². The third-order valence-corrected chi connectivity index (χ3v) is 4.13. The molecule has 1 atom stereocenters. The maximum Gasteiger partial charge on any atom is 0.123 e. The number of nitrogens with two attached hydrogens (primary N) is 1. The summed E-state index contributed by atoms with van der Waals surface area (Å²) < 4.78 is 13.5. The Balaban J connectivity index is 1.94. The predicted octanol–water partition coefficient (Wildman–Crippen LogP) is 2.20. The van der Waals surface area contributed by atoms with Crippen LogP contribution >= 0.6 is 0 Å². The van der Waals surface area contributed by atoms with Crippen LogP contribution in [0, 0.1) is 5.82 Å². The first-order valence-electron chi connectivity index (χ1n) is 7.53. The molecule has 1 aliphatic rings. The highest BCUT2D eigenvalue weighted by Gasteiger charge is 2.23. The summed E-state index contributed by atoms with van der Waals surface area (Å²) in [7, 11) is 2.11. The number of likely N-dealkylation sites (N-methyl/N-ethyl adjacent to an activating group) is 2. The van der Waals surface area contributed by atoms with Crippen molar-refractivity contribution in [3.05, 3.63) is 35.1 Å². The van der Waals surface area contributed by atoms with Gasteiger partial charge >= 0.3 is 0 Å². The Labute approximate surface area is 121 Å². The summed E-state index contributed by atoms with van der Waals surface area (Å²) in [6.45, 7) is 6.77. The second kappa shape index (κ2) is 7.16. The average molecular weight is 279 g/mol. The Kier molecular flexibility index (Phi) is 5.52. The van der Waals surface area contributed by atoms with Crippen molar-refractivity contribution >= 4 is 0 Å². The van der Waals surface area contributed by atoms with Crippen molar-refractivity contribution in [2.24, 2.45) is 5.73 Å². The Morgan fingerprint density at radius 1 is 1.35 bits per heavy atom. The zero-order chi connectivity index (χ0) is 14.5. The van der Waals surface area contributed by atoms with Crippen molar-refractivity contribution in [3.63, 3.8) is 0 Å². The van der Waals surface area contributed by atoms with Crippen molar-refractivity contribution in [2.45, 2.75) is 38.9 Å². The van der Waals surface area contributed by atoms with Gasteiger partial charge in [-0.15, -0.1) is 0 Å². The number of benzene rings is 1. The third-order valence-electron chi connectivity index (χ3n) is 4.13. The molecule has 0 aliphatic carbocycles. The molecule has 1 heterocycles. The van der Waals surface area contributed by atoms with Gasteiger partial charge in [-0.2, -0.15) is 0 Å². The molecule has 0 radical (unpaired) electrons. The van der Waals surface area contributed by atoms with E-state index in [1.54, 1.807) is 6.07 Å². The van der Waals surface area contributed by atoms with E-state index in [2.05, 4.69) is 23.8 Å². The predicted molar refractivity (Wildman–Crippen MR) is 80.9 cm³/mol. The molecule has 112 valence electrons. The zero-order valence-corrected chi connectivity index (χ0v) is 12.6. The van der Waals surface area contributed by atoms with E-state index in [1.165, 1.54) is 25.5 Å². The molecule has 0 aromatic heterocycles. The number of likely N-dealkylation sites (tertiary alicyclic amines) is 1. The van der Waals surface area contributed by atoms with E-state index in [1.807, 2.05) is 6.07 Å². The highest BCUT2D eigenvalue weighted by atomic mass is 19.1. The quantitative estimate of drug-likeness (QED) is 0.866. The molecule has 0 bridgehead atoms. The second-order valence-corrected chi connectivity index (χ2v) is 5.79. The van der Waals surface area contributed by atoms with Crippen LogP contribution in [0.3, 0.4) is 0 Å². The molecule has 4 heteroatoms. The first-order chi connectivity index (χ1) is 9.62. The van der Waals surface area contributed by atoms with Gasteiger partial charge in [0.15, 0.2) is 0 Å². The number of nitrogens with zero attached hydrogens (tertiary/aromatic N) is 2. The van der Waals surface area contributed by atoms with Gasteiger partial charge in [0, 0.05) is 25.7 Å². The van der Waals surface area contributed by atoms with E-state index < -0.39 is 0 Å². The smallest absolute Gasteiger partial charge is 0.123 e. The van der Waals surface area contributed by atoms with Gasteiger partial charge in [-0.3, -0.25) is 4.90 Å².